The average Bonchev–Trinajstić information content (AvgIpc) is 3.64. The molecule has 8 rings (SSSR count). The molecule has 3 aliphatic rings. The molecule has 3 heterocycles. The second kappa shape index (κ2) is 10.6. The Kier molecular flexibility index (Phi) is 6.51. The quantitative estimate of drug-likeness (QED) is 0.242. The van der Waals surface area contributed by atoms with Crippen molar-refractivity contribution < 1.29 is 14.4 Å². The molecular formula is C40H33N3O3. The summed E-state index contributed by atoms with van der Waals surface area (Å²) in [5, 5.41) is 3.76. The van der Waals surface area contributed by atoms with Crippen molar-refractivity contribution in [2.24, 2.45) is 5.92 Å². The number of anilines is 2. The van der Waals surface area contributed by atoms with Gasteiger partial charge in [0.25, 0.3) is 5.91 Å². The van der Waals surface area contributed by atoms with Gasteiger partial charge in [0.15, 0.2) is 0 Å². The Morgan fingerprint density at radius 1 is 0.609 bits per heavy atom. The van der Waals surface area contributed by atoms with Crippen LogP contribution in [0.2, 0.25) is 0 Å². The highest BCUT2D eigenvalue weighted by molar-refractivity contribution is 6.17. The van der Waals surface area contributed by atoms with Gasteiger partial charge in [0.2, 0.25) is 5.91 Å². The molecule has 2 spiro atoms. The predicted octanol–water partition coefficient (Wildman–Crippen LogP) is 6.46. The molecular weight excluding hydrogens is 570 g/mol. The Balaban J connectivity index is 1.38. The van der Waals surface area contributed by atoms with E-state index in [0.717, 1.165) is 39.2 Å². The summed E-state index contributed by atoms with van der Waals surface area (Å²) < 4.78 is 0. The van der Waals surface area contributed by atoms with Crippen LogP contribution >= 0.6 is 0 Å². The molecule has 0 bridgehead atoms. The Morgan fingerprint density at radius 3 is 1.63 bits per heavy atom. The fourth-order valence-corrected chi connectivity index (χ4v) is 8.36. The van der Waals surface area contributed by atoms with Gasteiger partial charge in [-0.05, 0) is 41.3 Å². The molecule has 1 saturated heterocycles. The molecule has 1 N–H and O–H groups in total. The highest BCUT2D eigenvalue weighted by Crippen LogP contribution is 2.65. The predicted molar refractivity (Wildman–Crippen MR) is 178 cm³/mol. The van der Waals surface area contributed by atoms with Crippen molar-refractivity contribution in [1.82, 2.24) is 5.32 Å². The van der Waals surface area contributed by atoms with Crippen molar-refractivity contribution >= 4 is 29.0 Å². The zero-order valence-corrected chi connectivity index (χ0v) is 25.5. The van der Waals surface area contributed by atoms with Gasteiger partial charge < -0.3 is 9.80 Å². The third-order valence-corrected chi connectivity index (χ3v) is 10.1. The number of ketones is 1. The Bertz CT molecular complexity index is 1980. The molecule has 1 fully saturated rings. The lowest BCUT2D eigenvalue weighted by atomic mass is 9.60. The maximum absolute atomic E-state index is 15.4. The molecule has 5 aromatic rings. The van der Waals surface area contributed by atoms with Crippen LogP contribution in [0.25, 0.3) is 0 Å². The molecule has 46 heavy (non-hydrogen) atoms. The van der Waals surface area contributed by atoms with E-state index in [1.165, 1.54) is 6.92 Å². The van der Waals surface area contributed by atoms with Gasteiger partial charge in [-0.25, -0.2) is 0 Å². The van der Waals surface area contributed by atoms with Gasteiger partial charge in [0.1, 0.15) is 16.7 Å². The monoisotopic (exact) mass is 603 g/mol. The second-order valence-electron chi connectivity index (χ2n) is 12.5. The molecule has 0 aromatic heterocycles. The van der Waals surface area contributed by atoms with Crippen LogP contribution in [0.5, 0.6) is 0 Å². The number of hydrogen-bond acceptors (Lipinski definition) is 4. The fourth-order valence-electron chi connectivity index (χ4n) is 8.36. The summed E-state index contributed by atoms with van der Waals surface area (Å²) in [6, 6.07) is 44.4. The van der Waals surface area contributed by atoms with E-state index in [1.54, 1.807) is 4.90 Å². The van der Waals surface area contributed by atoms with E-state index in [0.29, 0.717) is 13.1 Å². The van der Waals surface area contributed by atoms with Gasteiger partial charge in [-0.3, -0.25) is 19.7 Å². The third kappa shape index (κ3) is 3.83. The summed E-state index contributed by atoms with van der Waals surface area (Å²) >= 11 is 0. The molecule has 0 unspecified atom stereocenters. The van der Waals surface area contributed by atoms with Crippen LogP contribution in [0.4, 0.5) is 11.4 Å². The highest BCUT2D eigenvalue weighted by atomic mass is 16.2. The second-order valence-corrected chi connectivity index (χ2v) is 12.5. The highest BCUT2D eigenvalue weighted by Gasteiger charge is 2.76. The summed E-state index contributed by atoms with van der Waals surface area (Å²) in [6.45, 7) is 2.23. The number of hydrogen-bond donors (Lipinski definition) is 1. The number of rotatable bonds is 6. The largest absolute Gasteiger partial charge is 0.307 e. The normalized spacial score (nSPS) is 24.5. The summed E-state index contributed by atoms with van der Waals surface area (Å²) in [5.41, 5.74) is 2.96. The number of para-hydroxylation sites is 2. The van der Waals surface area contributed by atoms with Gasteiger partial charge >= 0.3 is 0 Å². The number of nitrogens with zero attached hydrogens (tertiary/aromatic N) is 2. The number of nitrogens with one attached hydrogen (secondary N) is 1. The summed E-state index contributed by atoms with van der Waals surface area (Å²) in [6.07, 6.45) is 0. The maximum atomic E-state index is 15.4. The summed E-state index contributed by atoms with van der Waals surface area (Å²) in [7, 11) is 0. The molecule has 0 radical (unpaired) electrons. The lowest BCUT2D eigenvalue weighted by Gasteiger charge is -2.37. The fraction of sp³-hybridized carbons (Fsp3) is 0.175. The van der Waals surface area contributed by atoms with Gasteiger partial charge in [-0.2, -0.15) is 0 Å². The third-order valence-electron chi connectivity index (χ3n) is 10.1. The zero-order chi connectivity index (χ0) is 31.5. The van der Waals surface area contributed by atoms with E-state index in [9.17, 15) is 4.79 Å². The number of carbonyl (C=O) groups is 3. The van der Waals surface area contributed by atoms with Crippen molar-refractivity contribution in [3.05, 3.63) is 167 Å². The van der Waals surface area contributed by atoms with Crippen molar-refractivity contribution in [3.63, 3.8) is 0 Å². The Morgan fingerprint density at radius 2 is 1.07 bits per heavy atom. The van der Waals surface area contributed by atoms with Gasteiger partial charge in [-0.15, -0.1) is 0 Å². The number of amides is 2. The summed E-state index contributed by atoms with van der Waals surface area (Å²) in [4.78, 5) is 48.6. The van der Waals surface area contributed by atoms with Crippen LogP contribution in [0.1, 0.15) is 40.8 Å². The average molecular weight is 604 g/mol. The van der Waals surface area contributed by atoms with Gasteiger partial charge in [-0.1, -0.05) is 127 Å². The number of fused-ring (bicyclic) bond motifs is 4. The lowest BCUT2D eigenvalue weighted by molar-refractivity contribution is -0.137. The first kappa shape index (κ1) is 28.2. The smallest absolute Gasteiger partial charge is 0.253 e. The minimum Gasteiger partial charge on any atom is -0.307 e. The Labute approximate surface area is 268 Å². The van der Waals surface area contributed by atoms with E-state index >= 15 is 9.59 Å². The molecule has 4 atom stereocenters. The molecule has 6 heteroatoms. The minimum absolute atomic E-state index is 0.178. The van der Waals surface area contributed by atoms with Crippen molar-refractivity contribution in [2.75, 3.05) is 9.80 Å². The molecule has 5 aromatic carbocycles. The van der Waals surface area contributed by atoms with E-state index < -0.39 is 22.9 Å². The Hall–Kier alpha value is -5.33. The number of carbonyl (C=O) groups excluding carboxylic acids is 3. The van der Waals surface area contributed by atoms with Crippen LogP contribution in [0, 0.1) is 5.92 Å². The van der Waals surface area contributed by atoms with Crippen molar-refractivity contribution in [2.45, 2.75) is 37.0 Å². The summed E-state index contributed by atoms with van der Waals surface area (Å²) in [5.74, 6) is -1.63. The van der Waals surface area contributed by atoms with Gasteiger partial charge in [0, 0.05) is 16.9 Å². The van der Waals surface area contributed by atoms with Crippen LogP contribution < -0.4 is 15.1 Å². The van der Waals surface area contributed by atoms with Crippen LogP contribution in [0.3, 0.4) is 0 Å². The van der Waals surface area contributed by atoms with Crippen LogP contribution in [-0.4, -0.2) is 17.6 Å². The molecule has 6 nitrogen and oxygen atoms in total. The van der Waals surface area contributed by atoms with Crippen LogP contribution in [0.15, 0.2) is 140 Å². The minimum atomic E-state index is -1.47. The number of benzene rings is 5. The molecule has 226 valence electrons. The van der Waals surface area contributed by atoms with Gasteiger partial charge in [0.05, 0.1) is 25.0 Å². The molecule has 3 aliphatic heterocycles. The first-order valence-electron chi connectivity index (χ1n) is 15.7. The van der Waals surface area contributed by atoms with E-state index in [-0.39, 0.29) is 17.6 Å². The SMILES string of the molecule is CC(=O)[C@@H]1[C@]2(C(=O)N(Cc3ccccc3)c3ccccc32)[C@H](c2ccccc2)N[C@@]12C(=O)N(Cc1ccccc1)c1ccccc12. The van der Waals surface area contributed by atoms with Crippen LogP contribution in [-0.2, 0) is 38.4 Å². The van der Waals surface area contributed by atoms with Crippen molar-refractivity contribution in [1.29, 1.82) is 0 Å². The first-order valence-corrected chi connectivity index (χ1v) is 15.7. The molecule has 2 amide bonds. The van der Waals surface area contributed by atoms with E-state index in [4.69, 9.17) is 0 Å². The van der Waals surface area contributed by atoms with Crippen molar-refractivity contribution in [3.8, 4) is 0 Å². The molecule has 0 aliphatic carbocycles. The lowest BCUT2D eigenvalue weighted by Crippen LogP contribution is -2.56. The molecule has 0 saturated carbocycles. The first-order chi connectivity index (χ1) is 22.5. The maximum Gasteiger partial charge on any atom is 0.253 e. The topological polar surface area (TPSA) is 69.7 Å². The van der Waals surface area contributed by atoms with E-state index in [2.05, 4.69) is 5.32 Å². The van der Waals surface area contributed by atoms with E-state index in [1.807, 2.05) is 144 Å². The zero-order valence-electron chi connectivity index (χ0n) is 25.5. The standard InChI is InChI=1S/C40H33N3O3/c1-27(44)35-39(31-21-11-13-23-33(31)42(37(39)45)25-28-15-5-2-6-16-28)36(30-19-9-4-10-20-30)41-40(35)32-22-12-14-24-34(32)43(38(40)46)26-29-17-7-3-8-18-29/h2-24,35-36,41H,25-26H2,1H3/t35-,36+,39+,40-/m1/s1. The number of Topliss-reactive ketones (excluding diaryl/α,β-unsaturated/α-hetero) is 1.